The first-order valence-corrected chi connectivity index (χ1v) is 5.77. The molecule has 0 atom stereocenters. The van der Waals surface area contributed by atoms with Crippen LogP contribution in [0.2, 0.25) is 0 Å². The van der Waals surface area contributed by atoms with Crippen LogP contribution in [0.4, 0.5) is 10.1 Å². The molecule has 19 heavy (non-hydrogen) atoms. The summed E-state index contributed by atoms with van der Waals surface area (Å²) in [5.74, 6) is -0.146. The van der Waals surface area contributed by atoms with Crippen LogP contribution in [0.15, 0.2) is 36.4 Å². The summed E-state index contributed by atoms with van der Waals surface area (Å²) in [5.41, 5.74) is 7.42. The Bertz CT molecular complexity index is 638. The fourth-order valence-corrected chi connectivity index (χ4v) is 1.84. The Morgan fingerprint density at radius 2 is 1.95 bits per heavy atom. The molecule has 0 saturated carbocycles. The number of benzene rings is 2. The minimum absolute atomic E-state index is 0.222. The van der Waals surface area contributed by atoms with Gasteiger partial charge in [-0.25, -0.2) is 4.39 Å². The summed E-state index contributed by atoms with van der Waals surface area (Å²) in [6.07, 6.45) is 0. The lowest BCUT2D eigenvalue weighted by atomic mass is 10.0. The van der Waals surface area contributed by atoms with Crippen molar-refractivity contribution in [1.82, 2.24) is 0 Å². The lowest BCUT2D eigenvalue weighted by Gasteiger charge is -2.09. The minimum atomic E-state index is -0.333. The van der Waals surface area contributed by atoms with E-state index in [2.05, 4.69) is 0 Å². The van der Waals surface area contributed by atoms with E-state index >= 15 is 0 Å². The first-order valence-electron chi connectivity index (χ1n) is 5.77. The summed E-state index contributed by atoms with van der Waals surface area (Å²) >= 11 is 0. The normalized spacial score (nSPS) is 10.3. The summed E-state index contributed by atoms with van der Waals surface area (Å²) < 4.78 is 18.4. The fourth-order valence-electron chi connectivity index (χ4n) is 1.84. The standard InChI is InChI=1S/C15H14FNO2/c1-9-7-10(3-6-13(9)16)15(18)12-5-4-11(17)8-14(12)19-2/h3-8H,17H2,1-2H3. The molecular weight excluding hydrogens is 245 g/mol. The highest BCUT2D eigenvalue weighted by Crippen LogP contribution is 2.24. The number of ether oxygens (including phenoxy) is 1. The molecule has 0 aliphatic carbocycles. The van der Waals surface area contributed by atoms with E-state index in [-0.39, 0.29) is 11.6 Å². The molecule has 98 valence electrons. The number of ketones is 1. The highest BCUT2D eigenvalue weighted by Gasteiger charge is 2.15. The van der Waals surface area contributed by atoms with Gasteiger partial charge >= 0.3 is 0 Å². The number of anilines is 1. The highest BCUT2D eigenvalue weighted by molar-refractivity contribution is 6.11. The third-order valence-corrected chi connectivity index (χ3v) is 2.89. The zero-order valence-corrected chi connectivity index (χ0v) is 10.7. The van der Waals surface area contributed by atoms with E-state index in [1.165, 1.54) is 25.3 Å². The van der Waals surface area contributed by atoms with Gasteiger partial charge in [0, 0.05) is 17.3 Å². The Hall–Kier alpha value is -2.36. The van der Waals surface area contributed by atoms with Crippen molar-refractivity contribution < 1.29 is 13.9 Å². The molecule has 0 amide bonds. The largest absolute Gasteiger partial charge is 0.496 e. The molecule has 0 aliphatic heterocycles. The summed E-state index contributed by atoms with van der Waals surface area (Å²) in [6.45, 7) is 1.62. The van der Waals surface area contributed by atoms with Gasteiger partial charge in [-0.2, -0.15) is 0 Å². The van der Waals surface area contributed by atoms with Crippen LogP contribution in [-0.2, 0) is 0 Å². The highest BCUT2D eigenvalue weighted by atomic mass is 19.1. The second kappa shape index (κ2) is 5.10. The second-order valence-electron chi connectivity index (χ2n) is 4.25. The summed E-state index contributed by atoms with van der Waals surface area (Å²) in [5, 5.41) is 0. The smallest absolute Gasteiger partial charge is 0.196 e. The van der Waals surface area contributed by atoms with Crippen LogP contribution in [0, 0.1) is 12.7 Å². The van der Waals surface area contributed by atoms with Gasteiger partial charge < -0.3 is 10.5 Å². The number of nitrogens with two attached hydrogens (primary N) is 1. The Kier molecular flexibility index (Phi) is 3.51. The number of aryl methyl sites for hydroxylation is 1. The van der Waals surface area contributed by atoms with E-state index < -0.39 is 0 Å². The van der Waals surface area contributed by atoms with E-state index in [1.807, 2.05) is 0 Å². The van der Waals surface area contributed by atoms with Crippen molar-refractivity contribution >= 4 is 11.5 Å². The Labute approximate surface area is 110 Å². The summed E-state index contributed by atoms with van der Waals surface area (Å²) in [7, 11) is 1.47. The van der Waals surface area contributed by atoms with Crippen LogP contribution in [0.3, 0.4) is 0 Å². The molecule has 4 heteroatoms. The third kappa shape index (κ3) is 2.57. The van der Waals surface area contributed by atoms with Crippen LogP contribution < -0.4 is 10.5 Å². The van der Waals surface area contributed by atoms with Crippen molar-refractivity contribution in [3.63, 3.8) is 0 Å². The van der Waals surface area contributed by atoms with Gasteiger partial charge in [0.2, 0.25) is 0 Å². The first-order chi connectivity index (χ1) is 9.02. The van der Waals surface area contributed by atoms with Crippen LogP contribution in [0.1, 0.15) is 21.5 Å². The topological polar surface area (TPSA) is 52.3 Å². The molecule has 0 aliphatic rings. The number of carbonyl (C=O) groups is 1. The predicted octanol–water partition coefficient (Wildman–Crippen LogP) is 2.96. The maximum Gasteiger partial charge on any atom is 0.196 e. The predicted molar refractivity (Wildman–Crippen MR) is 72.0 cm³/mol. The quantitative estimate of drug-likeness (QED) is 0.681. The van der Waals surface area contributed by atoms with Gasteiger partial charge in [-0.3, -0.25) is 4.79 Å². The third-order valence-electron chi connectivity index (χ3n) is 2.89. The SMILES string of the molecule is COc1cc(N)ccc1C(=O)c1ccc(F)c(C)c1. The molecule has 3 nitrogen and oxygen atoms in total. The average Bonchev–Trinajstić information content (AvgIpc) is 2.41. The molecule has 0 saturated heterocycles. The van der Waals surface area contributed by atoms with E-state index in [1.54, 1.807) is 25.1 Å². The number of nitrogen functional groups attached to an aromatic ring is 1. The minimum Gasteiger partial charge on any atom is -0.496 e. The van der Waals surface area contributed by atoms with Crippen molar-refractivity contribution in [3.8, 4) is 5.75 Å². The number of rotatable bonds is 3. The maximum atomic E-state index is 13.2. The van der Waals surface area contributed by atoms with Crippen molar-refractivity contribution in [3.05, 3.63) is 58.9 Å². The first kappa shape index (κ1) is 13.1. The monoisotopic (exact) mass is 259 g/mol. The van der Waals surface area contributed by atoms with Crippen molar-refractivity contribution in [1.29, 1.82) is 0 Å². The molecule has 0 bridgehead atoms. The van der Waals surface area contributed by atoms with Gasteiger partial charge in [-0.1, -0.05) is 0 Å². The van der Waals surface area contributed by atoms with Gasteiger partial charge in [0.1, 0.15) is 11.6 Å². The van der Waals surface area contributed by atoms with E-state index in [0.717, 1.165) is 0 Å². The Balaban J connectivity index is 2.46. The Morgan fingerprint density at radius 1 is 1.21 bits per heavy atom. The van der Waals surface area contributed by atoms with Gasteiger partial charge in [0.25, 0.3) is 0 Å². The van der Waals surface area contributed by atoms with Crippen LogP contribution in [-0.4, -0.2) is 12.9 Å². The molecule has 0 fully saturated rings. The average molecular weight is 259 g/mol. The van der Waals surface area contributed by atoms with Crippen LogP contribution in [0.25, 0.3) is 0 Å². The molecule has 2 aromatic carbocycles. The summed E-state index contributed by atoms with van der Waals surface area (Å²) in [6, 6.07) is 9.09. The van der Waals surface area contributed by atoms with Gasteiger partial charge in [-0.05, 0) is 42.8 Å². The van der Waals surface area contributed by atoms with Crippen LogP contribution >= 0.6 is 0 Å². The number of carbonyl (C=O) groups excluding carboxylic acids is 1. The van der Waals surface area contributed by atoms with E-state index in [4.69, 9.17) is 10.5 Å². The molecule has 2 rings (SSSR count). The molecule has 2 aromatic rings. The number of hydrogen-bond acceptors (Lipinski definition) is 3. The van der Waals surface area contributed by atoms with Gasteiger partial charge in [0.05, 0.1) is 12.7 Å². The zero-order valence-electron chi connectivity index (χ0n) is 10.7. The number of hydrogen-bond donors (Lipinski definition) is 1. The molecule has 0 radical (unpaired) electrons. The van der Waals surface area contributed by atoms with E-state index in [9.17, 15) is 9.18 Å². The molecule has 0 heterocycles. The van der Waals surface area contributed by atoms with Crippen molar-refractivity contribution in [2.75, 3.05) is 12.8 Å². The number of methoxy groups -OCH3 is 1. The lowest BCUT2D eigenvalue weighted by molar-refractivity contribution is 0.103. The lowest BCUT2D eigenvalue weighted by Crippen LogP contribution is -2.05. The molecule has 2 N–H and O–H groups in total. The molecule has 0 spiro atoms. The Morgan fingerprint density at radius 3 is 2.58 bits per heavy atom. The summed E-state index contributed by atoms with van der Waals surface area (Å²) in [4.78, 5) is 12.4. The van der Waals surface area contributed by atoms with Crippen molar-refractivity contribution in [2.45, 2.75) is 6.92 Å². The maximum absolute atomic E-state index is 13.2. The number of halogens is 1. The van der Waals surface area contributed by atoms with Gasteiger partial charge in [-0.15, -0.1) is 0 Å². The molecule has 0 unspecified atom stereocenters. The molecule has 0 aromatic heterocycles. The second-order valence-corrected chi connectivity index (χ2v) is 4.25. The van der Waals surface area contributed by atoms with E-state index in [0.29, 0.717) is 28.1 Å². The molecular formula is C15H14FNO2. The van der Waals surface area contributed by atoms with Crippen molar-refractivity contribution in [2.24, 2.45) is 0 Å². The van der Waals surface area contributed by atoms with Crippen LogP contribution in [0.5, 0.6) is 5.75 Å². The zero-order chi connectivity index (χ0) is 14.0. The fraction of sp³-hybridized carbons (Fsp3) is 0.133. The van der Waals surface area contributed by atoms with Gasteiger partial charge in [0.15, 0.2) is 5.78 Å².